The molecule has 1 aliphatic heterocycles. The van der Waals surface area contributed by atoms with Gasteiger partial charge in [-0.05, 0) is 37.3 Å². The number of aryl methyl sites for hydroxylation is 1. The number of hydrogen-bond donors (Lipinski definition) is 1. The average Bonchev–Trinajstić information content (AvgIpc) is 3.20. The van der Waals surface area contributed by atoms with Crippen molar-refractivity contribution in [2.24, 2.45) is 5.92 Å². The first-order valence-corrected chi connectivity index (χ1v) is 9.51. The highest BCUT2D eigenvalue weighted by molar-refractivity contribution is 5.85. The number of benzene rings is 1. The van der Waals surface area contributed by atoms with Gasteiger partial charge in [0.25, 0.3) is 0 Å². The van der Waals surface area contributed by atoms with Crippen molar-refractivity contribution >= 4 is 10.9 Å². The van der Waals surface area contributed by atoms with E-state index in [-0.39, 0.29) is 0 Å². The molecule has 1 N–H and O–H groups in total. The van der Waals surface area contributed by atoms with Gasteiger partial charge in [-0.25, -0.2) is 4.98 Å². The van der Waals surface area contributed by atoms with E-state index in [9.17, 15) is 0 Å². The van der Waals surface area contributed by atoms with E-state index < -0.39 is 0 Å². The van der Waals surface area contributed by atoms with Crippen molar-refractivity contribution < 1.29 is 0 Å². The smallest absolute Gasteiger partial charge is 0.122 e. The summed E-state index contributed by atoms with van der Waals surface area (Å²) >= 11 is 0. The van der Waals surface area contributed by atoms with E-state index in [0.717, 1.165) is 26.1 Å². The van der Waals surface area contributed by atoms with Crippen LogP contribution < -0.4 is 0 Å². The molecule has 0 fully saturated rings. The summed E-state index contributed by atoms with van der Waals surface area (Å²) in [5, 5.41) is 1.40. The molecule has 132 valence electrons. The second-order valence-corrected chi connectivity index (χ2v) is 7.56. The van der Waals surface area contributed by atoms with Crippen molar-refractivity contribution in [2.75, 3.05) is 6.54 Å². The Morgan fingerprint density at radius 1 is 1.28 bits per heavy atom. The summed E-state index contributed by atoms with van der Waals surface area (Å²) in [5.74, 6) is 1.84. The van der Waals surface area contributed by atoms with Crippen LogP contribution in [-0.4, -0.2) is 26.0 Å². The zero-order chi connectivity index (χ0) is 17.4. The van der Waals surface area contributed by atoms with Gasteiger partial charge >= 0.3 is 0 Å². The molecular weight excluding hydrogens is 308 g/mol. The van der Waals surface area contributed by atoms with Crippen molar-refractivity contribution in [3.05, 3.63) is 53.7 Å². The molecule has 3 aromatic rings. The minimum Gasteiger partial charge on any atom is -0.357 e. The Kier molecular flexibility index (Phi) is 4.38. The second kappa shape index (κ2) is 6.68. The van der Waals surface area contributed by atoms with Gasteiger partial charge in [0, 0.05) is 42.1 Å². The number of para-hydroxylation sites is 1. The van der Waals surface area contributed by atoms with Crippen LogP contribution in [0.4, 0.5) is 0 Å². The molecule has 3 heterocycles. The molecule has 2 aromatic heterocycles. The molecule has 0 unspecified atom stereocenters. The lowest BCUT2D eigenvalue weighted by atomic mass is 9.91. The molecule has 0 bridgehead atoms. The SMILES string of the molecule is CCn1ccnc1CN1CCc2c([nH]c3ccccc23)[C@H]1CC(C)C. The normalized spacial score (nSPS) is 18.2. The Labute approximate surface area is 149 Å². The fourth-order valence-corrected chi connectivity index (χ4v) is 4.23. The summed E-state index contributed by atoms with van der Waals surface area (Å²) in [5.41, 5.74) is 4.23. The number of nitrogens with one attached hydrogen (secondary N) is 1. The number of imidazole rings is 1. The first kappa shape index (κ1) is 16.4. The summed E-state index contributed by atoms with van der Waals surface area (Å²) in [6.45, 7) is 9.83. The monoisotopic (exact) mass is 336 g/mol. The molecule has 0 saturated heterocycles. The van der Waals surface area contributed by atoms with E-state index >= 15 is 0 Å². The number of aromatic amines is 1. The van der Waals surface area contributed by atoms with Gasteiger partial charge in [-0.3, -0.25) is 4.90 Å². The minimum atomic E-state index is 0.443. The molecule has 25 heavy (non-hydrogen) atoms. The van der Waals surface area contributed by atoms with Gasteiger partial charge in [0.05, 0.1) is 12.6 Å². The largest absolute Gasteiger partial charge is 0.357 e. The maximum atomic E-state index is 4.60. The minimum absolute atomic E-state index is 0.443. The van der Waals surface area contributed by atoms with Crippen molar-refractivity contribution in [1.29, 1.82) is 0 Å². The summed E-state index contributed by atoms with van der Waals surface area (Å²) in [6, 6.07) is 9.18. The van der Waals surface area contributed by atoms with Gasteiger partial charge in [-0.15, -0.1) is 0 Å². The molecule has 0 saturated carbocycles. The third-order valence-corrected chi connectivity index (χ3v) is 5.45. The lowest BCUT2D eigenvalue weighted by molar-refractivity contribution is 0.146. The summed E-state index contributed by atoms with van der Waals surface area (Å²) < 4.78 is 2.26. The topological polar surface area (TPSA) is 36.9 Å². The Morgan fingerprint density at radius 2 is 2.12 bits per heavy atom. The molecular formula is C21H28N4. The van der Waals surface area contributed by atoms with Gasteiger partial charge in [0.2, 0.25) is 0 Å². The first-order valence-electron chi connectivity index (χ1n) is 9.51. The highest BCUT2D eigenvalue weighted by Gasteiger charge is 2.31. The van der Waals surface area contributed by atoms with Crippen molar-refractivity contribution in [2.45, 2.75) is 52.7 Å². The van der Waals surface area contributed by atoms with Gasteiger partial charge in [-0.2, -0.15) is 0 Å². The molecule has 1 atom stereocenters. The Morgan fingerprint density at radius 3 is 2.92 bits per heavy atom. The molecule has 0 aliphatic carbocycles. The van der Waals surface area contributed by atoms with Crippen LogP contribution in [0.15, 0.2) is 36.7 Å². The van der Waals surface area contributed by atoms with Crippen LogP contribution in [0.1, 0.15) is 50.3 Å². The van der Waals surface area contributed by atoms with E-state index in [2.05, 4.69) is 70.7 Å². The fourth-order valence-electron chi connectivity index (χ4n) is 4.23. The number of aromatic nitrogens is 3. The molecule has 1 aromatic carbocycles. The summed E-state index contributed by atoms with van der Waals surface area (Å²) in [4.78, 5) is 11.0. The molecule has 0 radical (unpaired) electrons. The molecule has 0 spiro atoms. The fraction of sp³-hybridized carbons (Fsp3) is 0.476. The van der Waals surface area contributed by atoms with Crippen molar-refractivity contribution in [3.63, 3.8) is 0 Å². The Balaban J connectivity index is 1.71. The van der Waals surface area contributed by atoms with Gasteiger partial charge < -0.3 is 9.55 Å². The highest BCUT2D eigenvalue weighted by Crippen LogP contribution is 2.38. The number of H-pyrrole nitrogens is 1. The molecule has 0 amide bonds. The second-order valence-electron chi connectivity index (χ2n) is 7.56. The quantitative estimate of drug-likeness (QED) is 0.743. The van der Waals surface area contributed by atoms with Crippen LogP contribution >= 0.6 is 0 Å². The number of fused-ring (bicyclic) bond motifs is 3. The van der Waals surface area contributed by atoms with E-state index in [1.165, 1.54) is 34.4 Å². The Hall–Kier alpha value is -2.07. The Bertz CT molecular complexity index is 858. The van der Waals surface area contributed by atoms with E-state index in [1.807, 2.05) is 6.20 Å². The van der Waals surface area contributed by atoms with E-state index in [0.29, 0.717) is 12.0 Å². The predicted octanol–water partition coefficient (Wildman–Crippen LogP) is 4.53. The van der Waals surface area contributed by atoms with E-state index in [1.54, 1.807) is 0 Å². The van der Waals surface area contributed by atoms with Crippen LogP contribution in [0.5, 0.6) is 0 Å². The lowest BCUT2D eigenvalue weighted by Crippen LogP contribution is -2.36. The maximum Gasteiger partial charge on any atom is 0.122 e. The van der Waals surface area contributed by atoms with Crippen molar-refractivity contribution in [1.82, 2.24) is 19.4 Å². The van der Waals surface area contributed by atoms with Crippen LogP contribution in [0, 0.1) is 5.92 Å². The van der Waals surface area contributed by atoms with Gasteiger partial charge in [0.15, 0.2) is 0 Å². The number of hydrogen-bond acceptors (Lipinski definition) is 2. The van der Waals surface area contributed by atoms with Crippen LogP contribution in [0.3, 0.4) is 0 Å². The number of rotatable bonds is 5. The van der Waals surface area contributed by atoms with Crippen LogP contribution in [-0.2, 0) is 19.5 Å². The molecule has 1 aliphatic rings. The summed E-state index contributed by atoms with van der Waals surface area (Å²) in [7, 11) is 0. The lowest BCUT2D eigenvalue weighted by Gasteiger charge is -2.36. The van der Waals surface area contributed by atoms with Crippen molar-refractivity contribution in [3.8, 4) is 0 Å². The van der Waals surface area contributed by atoms with Gasteiger partial charge in [-0.1, -0.05) is 32.0 Å². The molecule has 4 rings (SSSR count). The van der Waals surface area contributed by atoms with Crippen LogP contribution in [0.2, 0.25) is 0 Å². The average molecular weight is 336 g/mol. The zero-order valence-corrected chi connectivity index (χ0v) is 15.5. The van der Waals surface area contributed by atoms with Crippen LogP contribution in [0.25, 0.3) is 10.9 Å². The standard InChI is InChI=1S/C21H28N4/c1-4-24-12-10-22-20(24)14-25-11-9-17-16-7-5-6-8-18(16)23-21(17)19(25)13-15(2)3/h5-8,10,12,15,19,23H,4,9,11,13-14H2,1-3H3/t19-/m1/s1. The first-order chi connectivity index (χ1) is 12.2. The third kappa shape index (κ3) is 2.99. The highest BCUT2D eigenvalue weighted by atomic mass is 15.2. The molecule has 4 nitrogen and oxygen atoms in total. The summed E-state index contributed by atoms with van der Waals surface area (Å²) in [6.07, 6.45) is 6.30. The third-order valence-electron chi connectivity index (χ3n) is 5.45. The molecule has 4 heteroatoms. The predicted molar refractivity (Wildman–Crippen MR) is 103 cm³/mol. The maximum absolute atomic E-state index is 4.60. The number of nitrogens with zero attached hydrogens (tertiary/aromatic N) is 3. The van der Waals surface area contributed by atoms with Gasteiger partial charge in [0.1, 0.15) is 5.82 Å². The van der Waals surface area contributed by atoms with E-state index in [4.69, 9.17) is 0 Å². The zero-order valence-electron chi connectivity index (χ0n) is 15.5.